The third kappa shape index (κ3) is 4.06. The fraction of sp³-hybridized carbons (Fsp3) is 0.294. The molecule has 0 radical (unpaired) electrons. The van der Waals surface area contributed by atoms with E-state index in [0.29, 0.717) is 0 Å². The van der Waals surface area contributed by atoms with Crippen molar-refractivity contribution in [3.05, 3.63) is 41.2 Å². The SMILES string of the molecule is [2H]c1nc(CS(=O)c2nc3cc(OC([2H])([2H])[2H])ccc3[n-]2)c(C([2H])([2H])[2H])c(OC([2H])([2H])[2H])c1C([2H])([2H])[2H].[Na+]. The van der Waals surface area contributed by atoms with Crippen molar-refractivity contribution in [2.45, 2.75) is 24.6 Å². The quantitative estimate of drug-likeness (QED) is 0.557. The molecule has 0 fully saturated rings. The third-order valence-electron chi connectivity index (χ3n) is 3.12. The zero-order valence-corrected chi connectivity index (χ0v) is 15.7. The predicted octanol–water partition coefficient (Wildman–Crippen LogP) is -0.467. The van der Waals surface area contributed by atoms with E-state index >= 15 is 0 Å². The number of methoxy groups -OCH3 is 2. The molecule has 2 heterocycles. The summed E-state index contributed by atoms with van der Waals surface area (Å²) in [5, 5.41) is -0.302. The van der Waals surface area contributed by atoms with E-state index in [0.717, 1.165) is 0 Å². The van der Waals surface area contributed by atoms with E-state index in [1.54, 1.807) is 0 Å². The first kappa shape index (κ1) is 8.52. The summed E-state index contributed by atoms with van der Waals surface area (Å²) in [4.78, 5) is 11.8. The molecule has 1 atom stereocenters. The van der Waals surface area contributed by atoms with E-state index in [1.807, 2.05) is 0 Å². The number of pyridine rings is 1. The Hall–Kier alpha value is -1.41. The molecule has 0 aliphatic carbocycles. The van der Waals surface area contributed by atoms with Crippen molar-refractivity contribution in [3.8, 4) is 11.5 Å². The van der Waals surface area contributed by atoms with Crippen LogP contribution in [0, 0.1) is 13.7 Å². The first-order valence-corrected chi connectivity index (χ1v) is 7.73. The number of aromatic nitrogens is 3. The second kappa shape index (κ2) is 8.31. The molecule has 0 bridgehead atoms. The van der Waals surface area contributed by atoms with Gasteiger partial charge in [-0.05, 0) is 36.9 Å². The number of benzene rings is 1. The molecule has 8 heteroatoms. The Balaban J connectivity index is 0.00000507. The zero-order chi connectivity index (χ0) is 28.1. The van der Waals surface area contributed by atoms with Crippen LogP contribution in [0.3, 0.4) is 0 Å². The van der Waals surface area contributed by atoms with Crippen LogP contribution < -0.4 is 44.0 Å². The summed E-state index contributed by atoms with van der Waals surface area (Å²) in [6, 6.07) is 3.92. The number of imidazole rings is 1. The predicted molar refractivity (Wildman–Crippen MR) is 92.0 cm³/mol. The Morgan fingerprint density at radius 1 is 1.32 bits per heavy atom. The van der Waals surface area contributed by atoms with E-state index < -0.39 is 73.1 Å². The van der Waals surface area contributed by atoms with Crippen molar-refractivity contribution in [3.63, 3.8) is 0 Å². The summed E-state index contributed by atoms with van der Waals surface area (Å²) in [5.74, 6) is -1.86. The van der Waals surface area contributed by atoms with E-state index in [9.17, 15) is 4.21 Å². The van der Waals surface area contributed by atoms with Gasteiger partial charge < -0.3 is 19.4 Å². The number of rotatable bonds is 5. The smallest absolute Gasteiger partial charge is 0.497 e. The first-order valence-electron chi connectivity index (χ1n) is 12.9. The summed E-state index contributed by atoms with van der Waals surface area (Å²) in [6.45, 7) is -6.32. The molecular weight excluding hydrogens is 349 g/mol. The maximum atomic E-state index is 13.1. The van der Waals surface area contributed by atoms with Crippen molar-refractivity contribution in [2.24, 2.45) is 0 Å². The molecule has 0 N–H and O–H groups in total. The van der Waals surface area contributed by atoms with Gasteiger partial charge in [0.1, 0.15) is 11.5 Å². The maximum Gasteiger partial charge on any atom is 1.00 e. The van der Waals surface area contributed by atoms with Crippen LogP contribution in [0.5, 0.6) is 11.5 Å². The number of hydrogen-bond acceptors (Lipinski definition) is 5. The largest absolute Gasteiger partial charge is 1.00 e. The minimum Gasteiger partial charge on any atom is -0.497 e. The average molecular weight is 380 g/mol. The van der Waals surface area contributed by atoms with E-state index in [2.05, 4.69) is 15.0 Å². The standard InChI is InChI=1S/C17H18N3O3S.Na/c1-10-8-18-15(11(2)16(10)23-4)9-24(21)17-19-13-6-5-12(22-3)7-14(13)20-17;/h5-8H,9H2,1-4H3;/q-1;+1/i1D3,2D3,3D3,4D3,8D;. The van der Waals surface area contributed by atoms with Crippen LogP contribution in [-0.4, -0.2) is 28.3 Å². The van der Waals surface area contributed by atoms with Gasteiger partial charge in [-0.3, -0.25) is 9.19 Å². The normalized spacial score (nSPS) is 21.5. The van der Waals surface area contributed by atoms with E-state index in [4.69, 9.17) is 27.3 Å². The Morgan fingerprint density at radius 2 is 2.20 bits per heavy atom. The average Bonchev–Trinajstić information content (AvgIpc) is 3.06. The van der Waals surface area contributed by atoms with Crippen LogP contribution in [-0.2, 0) is 16.6 Å². The Bertz CT molecular complexity index is 1350. The van der Waals surface area contributed by atoms with E-state index in [-0.39, 0.29) is 51.5 Å². The second-order valence-corrected chi connectivity index (χ2v) is 5.94. The van der Waals surface area contributed by atoms with Crippen LogP contribution in [0.4, 0.5) is 0 Å². The van der Waals surface area contributed by atoms with Gasteiger partial charge in [-0.2, -0.15) is 0 Å². The summed E-state index contributed by atoms with van der Waals surface area (Å²) in [6.07, 6.45) is -0.973. The molecule has 0 saturated heterocycles. The van der Waals surface area contributed by atoms with E-state index in [1.165, 1.54) is 18.2 Å². The van der Waals surface area contributed by atoms with Gasteiger partial charge >= 0.3 is 29.6 Å². The van der Waals surface area contributed by atoms with Gasteiger partial charge in [-0.15, -0.1) is 0 Å². The van der Waals surface area contributed by atoms with Crippen molar-refractivity contribution in [1.82, 2.24) is 15.0 Å². The van der Waals surface area contributed by atoms with Gasteiger partial charge in [0, 0.05) is 30.7 Å². The van der Waals surface area contributed by atoms with Crippen molar-refractivity contribution in [2.75, 3.05) is 14.1 Å². The molecule has 0 aliphatic heterocycles. The number of ether oxygens (including phenoxy) is 2. The van der Waals surface area contributed by atoms with Crippen LogP contribution in [0.15, 0.2) is 29.5 Å². The fourth-order valence-corrected chi connectivity index (χ4v) is 2.95. The van der Waals surface area contributed by atoms with Gasteiger partial charge in [0.15, 0.2) is 0 Å². The molecule has 0 amide bonds. The molecule has 1 aromatic carbocycles. The molecule has 1 unspecified atom stereocenters. The molecule has 2 aromatic heterocycles. The summed E-state index contributed by atoms with van der Waals surface area (Å²) in [7, 11) is -8.21. The Labute approximate surface area is 189 Å². The number of fused-ring (bicyclic) bond motifs is 1. The second-order valence-electron chi connectivity index (χ2n) is 4.60. The van der Waals surface area contributed by atoms with Crippen LogP contribution in [0.25, 0.3) is 11.0 Å². The fourth-order valence-electron chi connectivity index (χ4n) is 1.97. The summed E-state index contributed by atoms with van der Waals surface area (Å²) in [5.41, 5.74) is -2.14. The Kier molecular flexibility index (Phi) is 2.83. The molecule has 6 nitrogen and oxygen atoms in total. The molecule has 3 rings (SSSR count). The maximum absolute atomic E-state index is 13.1. The molecule has 126 valence electrons. The molecule has 0 spiro atoms. The minimum absolute atomic E-state index is 0. The van der Waals surface area contributed by atoms with Crippen molar-refractivity contribution >= 4 is 21.8 Å². The molecular formula is C17H18N3NaO3S. The summed E-state index contributed by atoms with van der Waals surface area (Å²) < 4.78 is 121. The van der Waals surface area contributed by atoms with Gasteiger partial charge in [0.05, 0.1) is 45.9 Å². The van der Waals surface area contributed by atoms with Crippen molar-refractivity contribution < 1.29 is 61.1 Å². The molecule has 0 aliphatic rings. The molecule has 25 heavy (non-hydrogen) atoms. The molecule has 0 saturated carbocycles. The van der Waals surface area contributed by atoms with Crippen molar-refractivity contribution in [1.29, 1.82) is 0 Å². The zero-order valence-electron chi connectivity index (χ0n) is 25.9. The summed E-state index contributed by atoms with van der Waals surface area (Å²) >= 11 is 0. The first-order chi connectivity index (χ1) is 16.7. The topological polar surface area (TPSA) is 75.4 Å². The number of hydrogen-bond donors (Lipinski definition) is 0. The third-order valence-corrected chi connectivity index (χ3v) is 4.24. The Morgan fingerprint density at radius 3 is 2.96 bits per heavy atom. The van der Waals surface area contributed by atoms with Crippen LogP contribution >= 0.6 is 0 Å². The van der Waals surface area contributed by atoms with Gasteiger partial charge in [0.25, 0.3) is 0 Å². The van der Waals surface area contributed by atoms with Gasteiger partial charge in [0.2, 0.25) is 0 Å². The van der Waals surface area contributed by atoms with Crippen LogP contribution in [0.2, 0.25) is 0 Å². The van der Waals surface area contributed by atoms with Gasteiger partial charge in [-0.1, -0.05) is 6.07 Å². The minimum atomic E-state index is -3.27. The van der Waals surface area contributed by atoms with Crippen LogP contribution in [0.1, 0.15) is 34.6 Å². The number of nitrogens with zero attached hydrogens (tertiary/aromatic N) is 3. The van der Waals surface area contributed by atoms with Gasteiger partial charge in [-0.25, -0.2) is 0 Å². The monoisotopic (exact) mass is 380 g/mol. The molecule has 3 aromatic rings.